The van der Waals surface area contributed by atoms with Crippen LogP contribution in [-0.4, -0.2) is 15.0 Å². The Balaban J connectivity index is 2.45. The number of halogens is 3. The normalized spacial score (nSPS) is 12.5. The third-order valence-electron chi connectivity index (χ3n) is 2.96. The second-order valence-electron chi connectivity index (χ2n) is 5.92. The molecule has 0 amide bonds. The molecule has 0 N–H and O–H groups in total. The van der Waals surface area contributed by atoms with Crippen LogP contribution < -0.4 is 0 Å². The topological polar surface area (TPSA) is 38.7 Å². The molecule has 2 aromatic heterocycles. The standard InChI is InChI=1S/C15H16F3N3/c1-9-5-10(6-12(21-9)15(16,17)18)11-7-20-13(8-19-11)14(2,3)4/h5-8H,1-4H3. The number of pyridine rings is 1. The van der Waals surface area contributed by atoms with Crippen LogP contribution in [0.4, 0.5) is 13.2 Å². The Morgan fingerprint density at radius 1 is 0.905 bits per heavy atom. The van der Waals surface area contributed by atoms with Crippen LogP contribution in [0.25, 0.3) is 11.3 Å². The summed E-state index contributed by atoms with van der Waals surface area (Å²) >= 11 is 0. The van der Waals surface area contributed by atoms with Crippen molar-refractivity contribution < 1.29 is 13.2 Å². The molecule has 2 heterocycles. The van der Waals surface area contributed by atoms with Gasteiger partial charge in [-0.25, -0.2) is 4.98 Å². The molecule has 0 unspecified atom stereocenters. The van der Waals surface area contributed by atoms with Crippen LogP contribution in [-0.2, 0) is 11.6 Å². The number of rotatable bonds is 1. The van der Waals surface area contributed by atoms with Gasteiger partial charge in [0.15, 0.2) is 0 Å². The molecule has 0 fully saturated rings. The summed E-state index contributed by atoms with van der Waals surface area (Å²) in [6.45, 7) is 7.51. The van der Waals surface area contributed by atoms with E-state index >= 15 is 0 Å². The Hall–Kier alpha value is -1.98. The van der Waals surface area contributed by atoms with Crippen molar-refractivity contribution in [1.29, 1.82) is 0 Å². The van der Waals surface area contributed by atoms with Crippen molar-refractivity contribution in [2.45, 2.75) is 39.3 Å². The van der Waals surface area contributed by atoms with Crippen molar-refractivity contribution >= 4 is 0 Å². The molecule has 0 spiro atoms. The number of alkyl halides is 3. The van der Waals surface area contributed by atoms with Gasteiger partial charge in [0.1, 0.15) is 5.69 Å². The minimum atomic E-state index is -4.47. The van der Waals surface area contributed by atoms with Gasteiger partial charge in [-0.2, -0.15) is 13.2 Å². The van der Waals surface area contributed by atoms with Gasteiger partial charge in [-0.05, 0) is 19.1 Å². The molecule has 112 valence electrons. The van der Waals surface area contributed by atoms with E-state index in [1.165, 1.54) is 13.1 Å². The molecule has 6 heteroatoms. The first-order valence-corrected chi connectivity index (χ1v) is 6.46. The average molecular weight is 295 g/mol. The molecule has 0 saturated carbocycles. The number of aryl methyl sites for hydroxylation is 1. The van der Waals surface area contributed by atoms with Gasteiger partial charge in [0, 0.05) is 22.9 Å². The zero-order chi connectivity index (χ0) is 15.8. The fourth-order valence-electron chi connectivity index (χ4n) is 1.83. The maximum Gasteiger partial charge on any atom is 0.433 e. The first-order chi connectivity index (χ1) is 9.57. The summed E-state index contributed by atoms with van der Waals surface area (Å²) in [4.78, 5) is 12.0. The molecule has 0 aromatic carbocycles. The van der Waals surface area contributed by atoms with E-state index in [2.05, 4.69) is 15.0 Å². The molecule has 2 rings (SSSR count). The van der Waals surface area contributed by atoms with Gasteiger partial charge in [0.2, 0.25) is 0 Å². The highest BCUT2D eigenvalue weighted by atomic mass is 19.4. The molecular formula is C15H16F3N3. The molecule has 21 heavy (non-hydrogen) atoms. The van der Waals surface area contributed by atoms with Crippen molar-refractivity contribution in [3.8, 4) is 11.3 Å². The van der Waals surface area contributed by atoms with Crippen molar-refractivity contribution in [2.24, 2.45) is 0 Å². The van der Waals surface area contributed by atoms with Gasteiger partial charge in [0.05, 0.1) is 17.6 Å². The van der Waals surface area contributed by atoms with Crippen LogP contribution in [0.3, 0.4) is 0 Å². The van der Waals surface area contributed by atoms with Gasteiger partial charge < -0.3 is 0 Å². The number of nitrogens with zero attached hydrogens (tertiary/aromatic N) is 3. The van der Waals surface area contributed by atoms with E-state index in [-0.39, 0.29) is 5.41 Å². The molecule has 0 bridgehead atoms. The van der Waals surface area contributed by atoms with Crippen LogP contribution in [0.1, 0.15) is 37.9 Å². The molecule has 0 radical (unpaired) electrons. The average Bonchev–Trinajstić information content (AvgIpc) is 2.36. The minimum Gasteiger partial charge on any atom is -0.257 e. The van der Waals surface area contributed by atoms with Crippen LogP contribution >= 0.6 is 0 Å². The minimum absolute atomic E-state index is 0.156. The fourth-order valence-corrected chi connectivity index (χ4v) is 1.83. The van der Waals surface area contributed by atoms with Gasteiger partial charge in [-0.15, -0.1) is 0 Å². The van der Waals surface area contributed by atoms with Crippen molar-refractivity contribution in [2.75, 3.05) is 0 Å². The van der Waals surface area contributed by atoms with Gasteiger partial charge in [-0.1, -0.05) is 20.8 Å². The molecule has 0 aliphatic rings. The van der Waals surface area contributed by atoms with Gasteiger partial charge in [-0.3, -0.25) is 9.97 Å². The maximum atomic E-state index is 12.8. The van der Waals surface area contributed by atoms with E-state index in [0.717, 1.165) is 11.8 Å². The highest BCUT2D eigenvalue weighted by molar-refractivity contribution is 5.59. The van der Waals surface area contributed by atoms with E-state index in [4.69, 9.17) is 0 Å². The molecular weight excluding hydrogens is 279 g/mol. The van der Waals surface area contributed by atoms with E-state index in [9.17, 15) is 13.2 Å². The van der Waals surface area contributed by atoms with E-state index < -0.39 is 11.9 Å². The van der Waals surface area contributed by atoms with Gasteiger partial charge >= 0.3 is 6.18 Å². The molecule has 2 aromatic rings. The Labute approximate surface area is 121 Å². The highest BCUT2D eigenvalue weighted by Crippen LogP contribution is 2.31. The summed E-state index contributed by atoms with van der Waals surface area (Å²) in [5.41, 5.74) is 0.771. The third kappa shape index (κ3) is 3.56. The lowest BCUT2D eigenvalue weighted by Crippen LogP contribution is -2.14. The third-order valence-corrected chi connectivity index (χ3v) is 2.96. The number of hydrogen-bond acceptors (Lipinski definition) is 3. The lowest BCUT2D eigenvalue weighted by Gasteiger charge is -2.17. The smallest absolute Gasteiger partial charge is 0.257 e. The molecule has 0 atom stereocenters. The van der Waals surface area contributed by atoms with Crippen molar-refractivity contribution in [3.63, 3.8) is 0 Å². The van der Waals surface area contributed by atoms with Crippen molar-refractivity contribution in [3.05, 3.63) is 41.6 Å². The summed E-state index contributed by atoms with van der Waals surface area (Å²) < 4.78 is 38.4. The Morgan fingerprint density at radius 3 is 2.05 bits per heavy atom. The molecule has 0 saturated heterocycles. The maximum absolute atomic E-state index is 12.8. The summed E-state index contributed by atoms with van der Waals surface area (Å²) in [5, 5.41) is 0. The van der Waals surface area contributed by atoms with E-state index in [1.54, 1.807) is 12.3 Å². The number of hydrogen-bond donors (Lipinski definition) is 0. The zero-order valence-electron chi connectivity index (χ0n) is 12.3. The summed E-state index contributed by atoms with van der Waals surface area (Å²) in [5.74, 6) is 0. The Morgan fingerprint density at radius 2 is 1.57 bits per heavy atom. The monoisotopic (exact) mass is 295 g/mol. The quantitative estimate of drug-likeness (QED) is 0.792. The first-order valence-electron chi connectivity index (χ1n) is 6.46. The first kappa shape index (κ1) is 15.4. The van der Waals surface area contributed by atoms with Crippen LogP contribution in [0, 0.1) is 6.92 Å². The van der Waals surface area contributed by atoms with E-state index in [1.807, 2.05) is 20.8 Å². The summed E-state index contributed by atoms with van der Waals surface area (Å²) in [6.07, 6.45) is -1.38. The van der Waals surface area contributed by atoms with Crippen LogP contribution in [0.5, 0.6) is 0 Å². The van der Waals surface area contributed by atoms with E-state index in [0.29, 0.717) is 17.0 Å². The Kier molecular flexibility index (Phi) is 3.74. The highest BCUT2D eigenvalue weighted by Gasteiger charge is 2.33. The Bertz CT molecular complexity index is 641. The summed E-state index contributed by atoms with van der Waals surface area (Å²) in [6, 6.07) is 2.56. The lowest BCUT2D eigenvalue weighted by atomic mass is 9.93. The molecule has 0 aliphatic carbocycles. The predicted molar refractivity (Wildman–Crippen MR) is 73.7 cm³/mol. The molecule has 3 nitrogen and oxygen atoms in total. The second kappa shape index (κ2) is 5.09. The largest absolute Gasteiger partial charge is 0.433 e. The van der Waals surface area contributed by atoms with Crippen LogP contribution in [0.15, 0.2) is 24.5 Å². The number of aromatic nitrogens is 3. The fraction of sp³-hybridized carbons (Fsp3) is 0.400. The SMILES string of the molecule is Cc1cc(-c2cnc(C(C)(C)C)cn2)cc(C(F)(F)F)n1. The summed E-state index contributed by atoms with van der Waals surface area (Å²) in [7, 11) is 0. The predicted octanol–water partition coefficient (Wildman–Crippen LogP) is 4.16. The molecule has 0 aliphatic heterocycles. The lowest BCUT2D eigenvalue weighted by molar-refractivity contribution is -0.141. The van der Waals surface area contributed by atoms with Crippen LogP contribution in [0.2, 0.25) is 0 Å². The zero-order valence-corrected chi connectivity index (χ0v) is 12.3. The van der Waals surface area contributed by atoms with Gasteiger partial charge in [0.25, 0.3) is 0 Å². The van der Waals surface area contributed by atoms with Crippen molar-refractivity contribution in [1.82, 2.24) is 15.0 Å². The second-order valence-corrected chi connectivity index (χ2v) is 5.92.